The van der Waals surface area contributed by atoms with Gasteiger partial charge in [0.1, 0.15) is 0 Å². The summed E-state index contributed by atoms with van der Waals surface area (Å²) >= 11 is 0. The molecule has 0 aromatic carbocycles. The summed E-state index contributed by atoms with van der Waals surface area (Å²) in [6.45, 7) is -0.272. The number of carboxylic acids is 4. The number of carboxylic acid groups (broad SMARTS) is 4. The first-order valence-corrected chi connectivity index (χ1v) is 5.52. The predicted octanol–water partition coefficient (Wildman–Crippen LogP) is -19.3. The standard InChI is InChI=1S/C10H16N2O8.4Na/c13-7(14)3-5(9(17)18)11-1-2-12-6(10(19)20)4-8(15)16;;;;/h5-6,11-12H,1-4H2,(H,13,14)(H,15,16)(H,17,18)(H,19,20);;;;/q;4*+1/p-4. The van der Waals surface area contributed by atoms with Crippen LogP contribution in [-0.4, -0.2) is 49.1 Å². The van der Waals surface area contributed by atoms with Crippen molar-refractivity contribution in [3.63, 3.8) is 0 Å². The van der Waals surface area contributed by atoms with Crippen LogP contribution in [0.3, 0.4) is 0 Å². The second-order valence-electron chi connectivity index (χ2n) is 3.80. The molecule has 0 radical (unpaired) electrons. The fourth-order valence-electron chi connectivity index (χ4n) is 1.30. The molecule has 0 fully saturated rings. The molecule has 0 saturated heterocycles. The van der Waals surface area contributed by atoms with E-state index in [-0.39, 0.29) is 131 Å². The molecule has 0 heterocycles. The number of hydrogen-bond donors (Lipinski definition) is 2. The molecule has 0 aliphatic heterocycles. The van der Waals surface area contributed by atoms with Crippen LogP contribution in [-0.2, 0) is 19.2 Å². The largest absolute Gasteiger partial charge is 1.00 e. The quantitative estimate of drug-likeness (QED) is 0.258. The van der Waals surface area contributed by atoms with Gasteiger partial charge in [0.25, 0.3) is 0 Å². The van der Waals surface area contributed by atoms with Gasteiger partial charge in [-0.3, -0.25) is 0 Å². The zero-order valence-corrected chi connectivity index (χ0v) is 22.2. The Morgan fingerprint density at radius 3 is 1.04 bits per heavy atom. The van der Waals surface area contributed by atoms with Crippen molar-refractivity contribution >= 4 is 23.9 Å². The topological polar surface area (TPSA) is 185 Å². The van der Waals surface area contributed by atoms with E-state index in [1.165, 1.54) is 0 Å². The molecule has 14 heteroatoms. The molecule has 0 amide bonds. The summed E-state index contributed by atoms with van der Waals surface area (Å²) in [5, 5.41) is 46.1. The second kappa shape index (κ2) is 21.1. The van der Waals surface area contributed by atoms with Gasteiger partial charge >= 0.3 is 118 Å². The molecule has 0 aromatic heterocycles. The van der Waals surface area contributed by atoms with E-state index >= 15 is 0 Å². The van der Waals surface area contributed by atoms with Crippen LogP contribution >= 0.6 is 0 Å². The van der Waals surface area contributed by atoms with Gasteiger partial charge in [-0.05, 0) is 0 Å². The Bertz CT molecular complexity index is 363. The molecule has 0 bridgehead atoms. The van der Waals surface area contributed by atoms with Crippen LogP contribution in [0, 0.1) is 0 Å². The zero-order valence-electron chi connectivity index (χ0n) is 14.2. The van der Waals surface area contributed by atoms with Crippen molar-refractivity contribution in [2.24, 2.45) is 0 Å². The first-order chi connectivity index (χ1) is 9.23. The molecule has 0 aliphatic carbocycles. The van der Waals surface area contributed by atoms with Crippen molar-refractivity contribution < 1.29 is 158 Å². The number of nitrogens with one attached hydrogen (secondary N) is 2. The van der Waals surface area contributed by atoms with Crippen LogP contribution in [0.2, 0.25) is 0 Å². The Kier molecular flexibility index (Phi) is 32.3. The van der Waals surface area contributed by atoms with E-state index in [0.29, 0.717) is 0 Å². The van der Waals surface area contributed by atoms with Crippen molar-refractivity contribution in [1.82, 2.24) is 10.6 Å². The summed E-state index contributed by atoms with van der Waals surface area (Å²) in [6.07, 6.45) is -1.63. The number of hydrogen-bond acceptors (Lipinski definition) is 10. The average molecular weight is 380 g/mol. The van der Waals surface area contributed by atoms with Crippen molar-refractivity contribution in [3.05, 3.63) is 0 Å². The van der Waals surface area contributed by atoms with Crippen LogP contribution < -0.4 is 149 Å². The number of rotatable bonds is 11. The molecule has 0 spiro atoms. The number of carbonyl (C=O) groups is 4. The van der Waals surface area contributed by atoms with E-state index in [2.05, 4.69) is 10.6 Å². The van der Waals surface area contributed by atoms with Crippen molar-refractivity contribution in [3.8, 4) is 0 Å². The molecule has 0 aliphatic rings. The predicted molar refractivity (Wildman–Crippen MR) is 52.8 cm³/mol. The summed E-state index contributed by atoms with van der Waals surface area (Å²) in [6, 6.07) is -2.99. The normalized spacial score (nSPS) is 11.2. The maximum absolute atomic E-state index is 10.5. The molecular formula is C10H12N2Na4O8. The fraction of sp³-hybridized carbons (Fsp3) is 0.600. The minimum Gasteiger partial charge on any atom is -0.550 e. The Morgan fingerprint density at radius 1 is 0.625 bits per heavy atom. The molecule has 0 rings (SSSR count). The van der Waals surface area contributed by atoms with Crippen molar-refractivity contribution in [2.75, 3.05) is 13.1 Å². The van der Waals surface area contributed by atoms with Gasteiger partial charge in [0, 0.05) is 37.9 Å². The molecule has 114 valence electrons. The number of carbonyl (C=O) groups excluding carboxylic acids is 4. The SMILES string of the molecule is O=C([O-])CC(NCCNC(CC(=O)[O-])C(=O)[O-])C(=O)[O-].[Na+].[Na+].[Na+].[Na+]. The summed E-state index contributed by atoms with van der Waals surface area (Å²) in [5.41, 5.74) is 0. The molecule has 0 aromatic rings. The van der Waals surface area contributed by atoms with Gasteiger partial charge in [0.2, 0.25) is 0 Å². The summed E-state index contributed by atoms with van der Waals surface area (Å²) < 4.78 is 0. The zero-order chi connectivity index (χ0) is 15.7. The van der Waals surface area contributed by atoms with Gasteiger partial charge in [-0.2, -0.15) is 0 Å². The van der Waals surface area contributed by atoms with Gasteiger partial charge in [0.15, 0.2) is 0 Å². The van der Waals surface area contributed by atoms with E-state index in [1.54, 1.807) is 0 Å². The minimum absolute atomic E-state index is 0. The van der Waals surface area contributed by atoms with Gasteiger partial charge < -0.3 is 50.2 Å². The Labute approximate surface area is 227 Å². The fourth-order valence-corrected chi connectivity index (χ4v) is 1.30. The second-order valence-corrected chi connectivity index (χ2v) is 3.80. The van der Waals surface area contributed by atoms with Gasteiger partial charge in [-0.1, -0.05) is 0 Å². The van der Waals surface area contributed by atoms with Gasteiger partial charge in [-0.25, -0.2) is 0 Å². The first-order valence-electron chi connectivity index (χ1n) is 5.52. The van der Waals surface area contributed by atoms with Gasteiger partial charge in [-0.15, -0.1) is 0 Å². The van der Waals surface area contributed by atoms with Gasteiger partial charge in [0.05, 0.1) is 24.0 Å². The van der Waals surface area contributed by atoms with Crippen LogP contribution in [0.4, 0.5) is 0 Å². The number of aliphatic carboxylic acids is 4. The van der Waals surface area contributed by atoms with E-state index < -0.39 is 48.8 Å². The maximum atomic E-state index is 10.5. The monoisotopic (exact) mass is 380 g/mol. The van der Waals surface area contributed by atoms with Crippen molar-refractivity contribution in [2.45, 2.75) is 24.9 Å². The van der Waals surface area contributed by atoms with Crippen LogP contribution in [0.15, 0.2) is 0 Å². The van der Waals surface area contributed by atoms with E-state index in [1.807, 2.05) is 0 Å². The smallest absolute Gasteiger partial charge is 0.550 e. The van der Waals surface area contributed by atoms with Crippen LogP contribution in [0.1, 0.15) is 12.8 Å². The third-order valence-corrected chi connectivity index (χ3v) is 2.22. The van der Waals surface area contributed by atoms with E-state index in [0.717, 1.165) is 0 Å². The maximum Gasteiger partial charge on any atom is 1.00 e. The molecule has 2 unspecified atom stereocenters. The summed E-state index contributed by atoms with van der Waals surface area (Å²) in [4.78, 5) is 41.6. The first kappa shape index (κ1) is 36.7. The molecule has 24 heavy (non-hydrogen) atoms. The third-order valence-electron chi connectivity index (χ3n) is 2.22. The summed E-state index contributed by atoms with van der Waals surface area (Å²) in [7, 11) is 0. The summed E-state index contributed by atoms with van der Waals surface area (Å²) in [5.74, 6) is -6.49. The molecule has 2 atom stereocenters. The van der Waals surface area contributed by atoms with Crippen LogP contribution in [0.5, 0.6) is 0 Å². The Morgan fingerprint density at radius 2 is 0.875 bits per heavy atom. The van der Waals surface area contributed by atoms with Crippen LogP contribution in [0.25, 0.3) is 0 Å². The Balaban J connectivity index is -0.000000301. The third kappa shape index (κ3) is 20.1. The Hall–Kier alpha value is 1.80. The average Bonchev–Trinajstić information content (AvgIpc) is 2.29. The van der Waals surface area contributed by atoms with E-state index in [4.69, 9.17) is 0 Å². The molecule has 2 N–H and O–H groups in total. The van der Waals surface area contributed by atoms with E-state index in [9.17, 15) is 39.6 Å². The molecule has 0 saturated carbocycles. The minimum atomic E-state index is -1.65. The molecule has 10 nitrogen and oxygen atoms in total. The van der Waals surface area contributed by atoms with Crippen molar-refractivity contribution in [1.29, 1.82) is 0 Å². The molecular weight excluding hydrogens is 368 g/mol.